The van der Waals surface area contributed by atoms with Crippen molar-refractivity contribution in [1.29, 1.82) is 0 Å². The van der Waals surface area contributed by atoms with Crippen molar-refractivity contribution in [3.05, 3.63) is 11.8 Å². The Bertz CT molecular complexity index is 187. The molecule has 0 bridgehead atoms. The number of nitrogens with one attached hydrogen (secondary N) is 3. The standard InChI is InChI=1S/C5H7N3O/c9-5-7-3-1-2-6-4(3)8-5/h1,4,6H,2H2,(H2,7,8,9). The minimum absolute atomic E-state index is 0.0532. The van der Waals surface area contributed by atoms with E-state index in [1.807, 2.05) is 6.08 Å². The van der Waals surface area contributed by atoms with Gasteiger partial charge in [-0.05, 0) is 6.08 Å². The van der Waals surface area contributed by atoms with Crippen molar-refractivity contribution < 1.29 is 4.79 Å². The summed E-state index contributed by atoms with van der Waals surface area (Å²) >= 11 is 0. The number of fused-ring (bicyclic) bond motifs is 1. The van der Waals surface area contributed by atoms with Crippen LogP contribution in [0.2, 0.25) is 0 Å². The maximum Gasteiger partial charge on any atom is 0.320 e. The fourth-order valence-electron chi connectivity index (χ4n) is 1.06. The van der Waals surface area contributed by atoms with Crippen LogP contribution in [0.4, 0.5) is 4.79 Å². The predicted molar refractivity (Wildman–Crippen MR) is 31.5 cm³/mol. The highest BCUT2D eigenvalue weighted by Crippen LogP contribution is 2.06. The third-order valence-electron chi connectivity index (χ3n) is 1.49. The molecule has 0 spiro atoms. The maximum atomic E-state index is 10.6. The van der Waals surface area contributed by atoms with Crippen molar-refractivity contribution >= 4 is 6.03 Å². The SMILES string of the molecule is O=C1NC2=CCNC2N1. The van der Waals surface area contributed by atoms with Crippen LogP contribution in [-0.4, -0.2) is 18.7 Å². The van der Waals surface area contributed by atoms with Gasteiger partial charge < -0.3 is 10.6 Å². The highest BCUT2D eigenvalue weighted by molar-refractivity contribution is 5.80. The first-order chi connectivity index (χ1) is 4.36. The molecule has 0 aromatic heterocycles. The Labute approximate surface area is 52.3 Å². The molecule has 1 saturated heterocycles. The second-order valence-electron chi connectivity index (χ2n) is 2.10. The van der Waals surface area contributed by atoms with Crippen LogP contribution >= 0.6 is 0 Å². The highest BCUT2D eigenvalue weighted by atomic mass is 16.2. The molecular weight excluding hydrogens is 118 g/mol. The van der Waals surface area contributed by atoms with Gasteiger partial charge in [0.1, 0.15) is 6.17 Å². The molecule has 1 fully saturated rings. The number of urea groups is 1. The van der Waals surface area contributed by atoms with Crippen LogP contribution in [0.3, 0.4) is 0 Å². The van der Waals surface area contributed by atoms with Crippen molar-refractivity contribution in [2.75, 3.05) is 6.54 Å². The molecule has 0 saturated carbocycles. The molecule has 0 aromatic rings. The minimum atomic E-state index is -0.113. The van der Waals surface area contributed by atoms with Crippen LogP contribution < -0.4 is 16.0 Å². The Morgan fingerprint density at radius 2 is 2.56 bits per heavy atom. The molecule has 4 nitrogen and oxygen atoms in total. The monoisotopic (exact) mass is 125 g/mol. The van der Waals surface area contributed by atoms with Crippen molar-refractivity contribution in [1.82, 2.24) is 16.0 Å². The lowest BCUT2D eigenvalue weighted by molar-refractivity contribution is 0.247. The largest absolute Gasteiger partial charge is 0.320 e. The summed E-state index contributed by atoms with van der Waals surface area (Å²) in [4.78, 5) is 10.6. The van der Waals surface area contributed by atoms with E-state index in [1.54, 1.807) is 0 Å². The summed E-state index contributed by atoms with van der Waals surface area (Å²) in [6.07, 6.45) is 2.01. The highest BCUT2D eigenvalue weighted by Gasteiger charge is 2.27. The summed E-state index contributed by atoms with van der Waals surface area (Å²) in [5.74, 6) is 0. The van der Waals surface area contributed by atoms with Gasteiger partial charge in [-0.2, -0.15) is 0 Å². The number of rotatable bonds is 0. The molecule has 2 aliphatic rings. The molecular formula is C5H7N3O. The topological polar surface area (TPSA) is 53.2 Å². The van der Waals surface area contributed by atoms with E-state index in [9.17, 15) is 4.79 Å². The van der Waals surface area contributed by atoms with Crippen LogP contribution in [-0.2, 0) is 0 Å². The Morgan fingerprint density at radius 1 is 1.67 bits per heavy atom. The molecule has 2 heterocycles. The van der Waals surface area contributed by atoms with E-state index < -0.39 is 0 Å². The first-order valence-electron chi connectivity index (χ1n) is 2.87. The summed E-state index contributed by atoms with van der Waals surface area (Å²) in [7, 11) is 0. The third-order valence-corrected chi connectivity index (χ3v) is 1.49. The van der Waals surface area contributed by atoms with Gasteiger partial charge in [-0.1, -0.05) is 0 Å². The molecule has 4 heteroatoms. The molecule has 2 rings (SSSR count). The average Bonchev–Trinajstić information content (AvgIpc) is 2.22. The lowest BCUT2D eigenvalue weighted by Crippen LogP contribution is -2.36. The second kappa shape index (κ2) is 1.48. The number of hydrogen-bond acceptors (Lipinski definition) is 2. The zero-order valence-corrected chi connectivity index (χ0v) is 4.77. The molecule has 48 valence electrons. The van der Waals surface area contributed by atoms with E-state index in [2.05, 4.69) is 16.0 Å². The van der Waals surface area contributed by atoms with Crippen molar-refractivity contribution in [2.24, 2.45) is 0 Å². The fourth-order valence-corrected chi connectivity index (χ4v) is 1.06. The van der Waals surface area contributed by atoms with E-state index in [0.717, 1.165) is 12.2 Å². The fraction of sp³-hybridized carbons (Fsp3) is 0.400. The van der Waals surface area contributed by atoms with Crippen LogP contribution in [0.5, 0.6) is 0 Å². The molecule has 1 atom stereocenters. The number of amides is 2. The summed E-state index contributed by atoms with van der Waals surface area (Å²) in [6, 6.07) is -0.113. The number of carbonyl (C=O) groups excluding carboxylic acids is 1. The van der Waals surface area contributed by atoms with Gasteiger partial charge in [-0.3, -0.25) is 5.32 Å². The summed E-state index contributed by atoms with van der Waals surface area (Å²) < 4.78 is 0. The predicted octanol–water partition coefficient (Wildman–Crippen LogP) is -0.888. The third kappa shape index (κ3) is 0.598. The molecule has 0 aliphatic carbocycles. The molecule has 3 N–H and O–H groups in total. The smallest absolute Gasteiger partial charge is 0.317 e. The number of hydrogen-bond donors (Lipinski definition) is 3. The van der Waals surface area contributed by atoms with Gasteiger partial charge in [0.25, 0.3) is 0 Å². The summed E-state index contributed by atoms with van der Waals surface area (Å²) in [5.41, 5.74) is 0.958. The van der Waals surface area contributed by atoms with Crippen LogP contribution in [0.25, 0.3) is 0 Å². The number of carbonyl (C=O) groups is 1. The van der Waals surface area contributed by atoms with Gasteiger partial charge in [0.2, 0.25) is 0 Å². The van der Waals surface area contributed by atoms with E-state index in [-0.39, 0.29) is 12.2 Å². The lowest BCUT2D eigenvalue weighted by atomic mass is 10.4. The average molecular weight is 125 g/mol. The van der Waals surface area contributed by atoms with Crippen LogP contribution in [0.1, 0.15) is 0 Å². The summed E-state index contributed by atoms with van der Waals surface area (Å²) in [5, 5.41) is 8.41. The van der Waals surface area contributed by atoms with E-state index in [1.165, 1.54) is 0 Å². The maximum absolute atomic E-state index is 10.6. The van der Waals surface area contributed by atoms with Crippen LogP contribution in [0, 0.1) is 0 Å². The molecule has 2 aliphatic heterocycles. The quantitative estimate of drug-likeness (QED) is 0.393. The zero-order chi connectivity index (χ0) is 6.27. The Morgan fingerprint density at radius 3 is 3.33 bits per heavy atom. The molecule has 9 heavy (non-hydrogen) atoms. The molecule has 1 unspecified atom stereocenters. The zero-order valence-electron chi connectivity index (χ0n) is 4.77. The van der Waals surface area contributed by atoms with Crippen molar-refractivity contribution in [3.63, 3.8) is 0 Å². The van der Waals surface area contributed by atoms with Gasteiger partial charge in [-0.15, -0.1) is 0 Å². The molecule has 0 aromatic carbocycles. The van der Waals surface area contributed by atoms with Crippen molar-refractivity contribution in [2.45, 2.75) is 6.17 Å². The Balaban J connectivity index is 2.24. The van der Waals surface area contributed by atoms with Crippen molar-refractivity contribution in [3.8, 4) is 0 Å². The van der Waals surface area contributed by atoms with E-state index in [4.69, 9.17) is 0 Å². The normalized spacial score (nSPS) is 30.9. The van der Waals surface area contributed by atoms with Crippen LogP contribution in [0.15, 0.2) is 11.8 Å². The van der Waals surface area contributed by atoms with Gasteiger partial charge in [-0.25, -0.2) is 4.79 Å². The van der Waals surface area contributed by atoms with Gasteiger partial charge in [0.15, 0.2) is 0 Å². The first-order valence-corrected chi connectivity index (χ1v) is 2.87. The molecule has 0 radical (unpaired) electrons. The first kappa shape index (κ1) is 4.81. The molecule has 2 amide bonds. The van der Waals surface area contributed by atoms with E-state index >= 15 is 0 Å². The van der Waals surface area contributed by atoms with Gasteiger partial charge in [0, 0.05) is 6.54 Å². The Hall–Kier alpha value is -1.03. The van der Waals surface area contributed by atoms with Gasteiger partial charge >= 0.3 is 6.03 Å². The second-order valence-corrected chi connectivity index (χ2v) is 2.10. The Kier molecular flexibility index (Phi) is 0.790. The minimum Gasteiger partial charge on any atom is -0.317 e. The lowest BCUT2D eigenvalue weighted by Gasteiger charge is -2.01. The van der Waals surface area contributed by atoms with Gasteiger partial charge in [0.05, 0.1) is 5.70 Å². The van der Waals surface area contributed by atoms with E-state index in [0.29, 0.717) is 0 Å². The summed E-state index contributed by atoms with van der Waals surface area (Å²) in [6.45, 7) is 0.841.